The Bertz CT molecular complexity index is 742. The lowest BCUT2D eigenvalue weighted by atomic mass is 9.78. The van der Waals surface area contributed by atoms with Crippen LogP contribution in [0.2, 0.25) is 0 Å². The van der Waals surface area contributed by atoms with Crippen molar-refractivity contribution in [3.8, 4) is 0 Å². The molecule has 1 atom stereocenters. The van der Waals surface area contributed by atoms with Gasteiger partial charge in [-0.1, -0.05) is 30.3 Å². The lowest BCUT2D eigenvalue weighted by molar-refractivity contribution is -0.119. The molecule has 1 amide bonds. The quantitative estimate of drug-likeness (QED) is 0.837. The first-order valence-electron chi connectivity index (χ1n) is 8.47. The van der Waals surface area contributed by atoms with Crippen LogP contribution in [-0.4, -0.2) is 24.2 Å². The molecule has 1 saturated heterocycles. The molecule has 2 heterocycles. The molecule has 1 fully saturated rings. The van der Waals surface area contributed by atoms with Crippen LogP contribution < -0.4 is 11.2 Å². The number of thiophene rings is 1. The van der Waals surface area contributed by atoms with Gasteiger partial charge in [0.2, 0.25) is 5.91 Å². The summed E-state index contributed by atoms with van der Waals surface area (Å²) in [6.07, 6.45) is 0.573. The third-order valence-electron chi connectivity index (χ3n) is 5.15. The Morgan fingerprint density at radius 1 is 1.16 bits per heavy atom. The van der Waals surface area contributed by atoms with E-state index < -0.39 is 7.12 Å². The van der Waals surface area contributed by atoms with Crippen LogP contribution >= 0.6 is 11.3 Å². The Hall–Kier alpha value is -1.63. The van der Waals surface area contributed by atoms with E-state index in [0.717, 1.165) is 15.9 Å². The second-order valence-corrected chi connectivity index (χ2v) is 8.49. The molecule has 1 aromatic carbocycles. The van der Waals surface area contributed by atoms with Crippen molar-refractivity contribution in [2.24, 2.45) is 5.73 Å². The van der Waals surface area contributed by atoms with Gasteiger partial charge < -0.3 is 15.0 Å². The number of hydrogen-bond acceptors (Lipinski definition) is 4. The maximum Gasteiger partial charge on any atom is 0.494 e. The summed E-state index contributed by atoms with van der Waals surface area (Å²) < 4.78 is 12.2. The van der Waals surface area contributed by atoms with Crippen LogP contribution in [0.5, 0.6) is 0 Å². The summed E-state index contributed by atoms with van der Waals surface area (Å²) >= 11 is 1.56. The van der Waals surface area contributed by atoms with E-state index in [1.165, 1.54) is 0 Å². The van der Waals surface area contributed by atoms with E-state index in [0.29, 0.717) is 6.42 Å². The largest absolute Gasteiger partial charge is 0.494 e. The highest BCUT2D eigenvalue weighted by Gasteiger charge is 2.51. The van der Waals surface area contributed by atoms with E-state index in [4.69, 9.17) is 15.0 Å². The van der Waals surface area contributed by atoms with Crippen molar-refractivity contribution in [2.75, 3.05) is 0 Å². The van der Waals surface area contributed by atoms with Gasteiger partial charge in [0.25, 0.3) is 0 Å². The maximum absolute atomic E-state index is 11.9. The van der Waals surface area contributed by atoms with Gasteiger partial charge >= 0.3 is 7.12 Å². The standard InChI is InChI=1S/C19H24BNO3S/c1-18(2)19(3,4)24-20(23-18)14-8-5-7-13(11-14)12-15(17(21)22)16-9-6-10-25-16/h5-11,15H,12H2,1-4H3,(H2,21,22). The minimum absolute atomic E-state index is 0.302. The zero-order valence-electron chi connectivity index (χ0n) is 15.1. The SMILES string of the molecule is CC1(C)OB(c2cccc(CC(C(N)=O)c3cccs3)c2)OC1(C)C. The van der Waals surface area contributed by atoms with Crippen LogP contribution in [0, 0.1) is 0 Å². The number of primary amides is 1. The second-order valence-electron chi connectivity index (χ2n) is 7.51. The number of hydrogen-bond donors (Lipinski definition) is 1. The normalized spacial score (nSPS) is 19.8. The highest BCUT2D eigenvalue weighted by molar-refractivity contribution is 7.10. The van der Waals surface area contributed by atoms with Gasteiger partial charge in [-0.25, -0.2) is 0 Å². The average molecular weight is 357 g/mol. The zero-order chi connectivity index (χ0) is 18.2. The fourth-order valence-electron chi connectivity index (χ4n) is 2.91. The summed E-state index contributed by atoms with van der Waals surface area (Å²) in [7, 11) is -0.404. The predicted molar refractivity (Wildman–Crippen MR) is 102 cm³/mol. The van der Waals surface area contributed by atoms with Crippen molar-refractivity contribution >= 4 is 29.8 Å². The Balaban J connectivity index is 1.82. The number of nitrogens with two attached hydrogens (primary N) is 1. The topological polar surface area (TPSA) is 61.5 Å². The van der Waals surface area contributed by atoms with Crippen LogP contribution in [0.1, 0.15) is 44.1 Å². The Kier molecular flexibility index (Phi) is 4.79. The predicted octanol–water partition coefficient (Wildman–Crippen LogP) is 2.86. The molecule has 2 aromatic rings. The van der Waals surface area contributed by atoms with E-state index in [2.05, 4.69) is 0 Å². The molecule has 0 radical (unpaired) electrons. The van der Waals surface area contributed by atoms with Crippen LogP contribution in [0.3, 0.4) is 0 Å². The smallest absolute Gasteiger partial charge is 0.399 e. The van der Waals surface area contributed by atoms with E-state index in [1.54, 1.807) is 11.3 Å². The third-order valence-corrected chi connectivity index (χ3v) is 6.13. The Labute approximate surface area is 153 Å². The van der Waals surface area contributed by atoms with Crippen molar-refractivity contribution in [3.63, 3.8) is 0 Å². The lowest BCUT2D eigenvalue weighted by Gasteiger charge is -2.32. The number of rotatable bonds is 5. The van der Waals surface area contributed by atoms with Gasteiger partial charge in [-0.2, -0.15) is 0 Å². The molecule has 6 heteroatoms. The number of benzene rings is 1. The van der Waals surface area contributed by atoms with E-state index in [1.807, 2.05) is 69.5 Å². The van der Waals surface area contributed by atoms with Gasteiger partial charge in [-0.05, 0) is 56.6 Å². The summed E-state index contributed by atoms with van der Waals surface area (Å²) in [6, 6.07) is 11.9. The fraction of sp³-hybridized carbons (Fsp3) is 0.421. The number of carbonyl (C=O) groups is 1. The first-order chi connectivity index (χ1) is 11.7. The summed E-state index contributed by atoms with van der Waals surface area (Å²) in [6.45, 7) is 8.15. The number of amides is 1. The molecule has 1 aromatic heterocycles. The maximum atomic E-state index is 11.9. The molecule has 0 spiro atoms. The highest BCUT2D eigenvalue weighted by atomic mass is 32.1. The average Bonchev–Trinajstić information content (AvgIpc) is 3.12. The summed E-state index contributed by atoms with van der Waals surface area (Å²) in [5.74, 6) is -0.614. The minimum Gasteiger partial charge on any atom is -0.399 e. The molecule has 25 heavy (non-hydrogen) atoms. The fourth-order valence-corrected chi connectivity index (χ4v) is 3.75. The second kappa shape index (κ2) is 6.59. The van der Waals surface area contributed by atoms with Gasteiger partial charge in [0.1, 0.15) is 0 Å². The van der Waals surface area contributed by atoms with Crippen molar-refractivity contribution in [1.82, 2.24) is 0 Å². The lowest BCUT2D eigenvalue weighted by Crippen LogP contribution is -2.41. The zero-order valence-corrected chi connectivity index (χ0v) is 15.9. The van der Waals surface area contributed by atoms with Crippen molar-refractivity contribution < 1.29 is 14.1 Å². The Morgan fingerprint density at radius 3 is 2.40 bits per heavy atom. The summed E-state index contributed by atoms with van der Waals surface area (Å²) in [5, 5.41) is 1.96. The molecular weight excluding hydrogens is 333 g/mol. The molecule has 4 nitrogen and oxygen atoms in total. The molecule has 0 aliphatic carbocycles. The van der Waals surface area contributed by atoms with Gasteiger partial charge in [0, 0.05) is 4.88 Å². The molecule has 0 bridgehead atoms. The van der Waals surface area contributed by atoms with Gasteiger partial charge in [-0.3, -0.25) is 4.79 Å². The van der Waals surface area contributed by atoms with Gasteiger partial charge in [0.15, 0.2) is 0 Å². The molecule has 132 valence electrons. The van der Waals surface area contributed by atoms with Crippen molar-refractivity contribution in [2.45, 2.75) is 51.2 Å². The minimum atomic E-state index is -0.404. The molecular formula is C19H24BNO3S. The molecule has 0 saturated carbocycles. The molecule has 1 aliphatic heterocycles. The first kappa shape index (κ1) is 18.2. The van der Waals surface area contributed by atoms with Gasteiger partial charge in [-0.15, -0.1) is 11.3 Å². The van der Waals surface area contributed by atoms with Crippen LogP contribution in [0.4, 0.5) is 0 Å². The molecule has 1 aliphatic rings. The van der Waals surface area contributed by atoms with Crippen LogP contribution in [0.25, 0.3) is 0 Å². The highest BCUT2D eigenvalue weighted by Crippen LogP contribution is 2.36. The first-order valence-corrected chi connectivity index (χ1v) is 9.35. The van der Waals surface area contributed by atoms with Crippen LogP contribution in [-0.2, 0) is 20.5 Å². The molecule has 1 unspecified atom stereocenters. The van der Waals surface area contributed by atoms with Crippen LogP contribution in [0.15, 0.2) is 41.8 Å². The number of carbonyl (C=O) groups excluding carboxylic acids is 1. The molecule has 3 rings (SSSR count). The Morgan fingerprint density at radius 2 is 1.84 bits per heavy atom. The summed E-state index contributed by atoms with van der Waals surface area (Å²) in [4.78, 5) is 12.9. The van der Waals surface area contributed by atoms with E-state index in [9.17, 15) is 4.79 Å². The molecule has 2 N–H and O–H groups in total. The summed E-state index contributed by atoms with van der Waals surface area (Å²) in [5.41, 5.74) is 6.89. The van der Waals surface area contributed by atoms with Crippen molar-refractivity contribution in [1.29, 1.82) is 0 Å². The van der Waals surface area contributed by atoms with E-state index in [-0.39, 0.29) is 23.0 Å². The van der Waals surface area contributed by atoms with Crippen molar-refractivity contribution in [3.05, 3.63) is 52.2 Å². The van der Waals surface area contributed by atoms with Gasteiger partial charge in [0.05, 0.1) is 17.1 Å². The monoisotopic (exact) mass is 357 g/mol. The van der Waals surface area contributed by atoms with E-state index >= 15 is 0 Å². The third kappa shape index (κ3) is 3.66.